The van der Waals surface area contributed by atoms with Crippen molar-refractivity contribution < 1.29 is 4.79 Å². The van der Waals surface area contributed by atoms with Crippen molar-refractivity contribution in [3.63, 3.8) is 0 Å². The van der Waals surface area contributed by atoms with E-state index in [0.29, 0.717) is 13.0 Å². The van der Waals surface area contributed by atoms with Crippen molar-refractivity contribution in [1.29, 1.82) is 0 Å². The molecule has 1 amide bonds. The molecule has 1 atom stereocenters. The third kappa shape index (κ3) is 2.51. The Bertz CT molecular complexity index is 372. The fourth-order valence-electron chi connectivity index (χ4n) is 1.64. The molecule has 5 heteroatoms. The van der Waals surface area contributed by atoms with Crippen LogP contribution in [0.25, 0.3) is 0 Å². The first-order valence-electron chi connectivity index (χ1n) is 4.49. The van der Waals surface area contributed by atoms with E-state index < -0.39 is 0 Å². The molecule has 1 unspecified atom stereocenters. The van der Waals surface area contributed by atoms with E-state index in [1.807, 2.05) is 24.3 Å². The van der Waals surface area contributed by atoms with Gasteiger partial charge in [-0.3, -0.25) is 4.79 Å². The zero-order valence-corrected chi connectivity index (χ0v) is 10.4. The van der Waals surface area contributed by atoms with Crippen LogP contribution >= 0.6 is 28.3 Å². The highest BCUT2D eigenvalue weighted by Gasteiger charge is 2.28. The molecule has 0 aromatic heterocycles. The highest BCUT2D eigenvalue weighted by Crippen LogP contribution is 2.28. The minimum atomic E-state index is -0.0328. The molecule has 1 aliphatic rings. The van der Waals surface area contributed by atoms with Crippen LogP contribution in [0.1, 0.15) is 6.42 Å². The number of rotatable bonds is 1. The van der Waals surface area contributed by atoms with E-state index in [0.717, 1.165) is 10.2 Å². The molecule has 2 N–H and O–H groups in total. The minimum Gasteiger partial charge on any atom is -0.326 e. The lowest BCUT2D eigenvalue weighted by Crippen LogP contribution is -2.28. The quantitative estimate of drug-likeness (QED) is 0.859. The average Bonchev–Trinajstić information content (AvgIpc) is 2.46. The van der Waals surface area contributed by atoms with Crippen LogP contribution in [0.4, 0.5) is 5.69 Å². The molecule has 0 saturated carbocycles. The van der Waals surface area contributed by atoms with Crippen LogP contribution in [0.2, 0.25) is 0 Å². The summed E-state index contributed by atoms with van der Waals surface area (Å²) in [5.41, 5.74) is 6.63. The summed E-state index contributed by atoms with van der Waals surface area (Å²) in [6.07, 6.45) is 0.446. The van der Waals surface area contributed by atoms with Crippen molar-refractivity contribution in [3.05, 3.63) is 28.7 Å². The minimum absolute atomic E-state index is 0. The summed E-state index contributed by atoms with van der Waals surface area (Å²) in [6, 6.07) is 7.65. The van der Waals surface area contributed by atoms with Gasteiger partial charge in [0.05, 0.1) is 5.69 Å². The Labute approximate surface area is 103 Å². The Morgan fingerprint density at radius 1 is 1.40 bits per heavy atom. The number of halogens is 2. The Balaban J connectivity index is 0.00000112. The maximum Gasteiger partial charge on any atom is 0.228 e. The van der Waals surface area contributed by atoms with Gasteiger partial charge < -0.3 is 10.6 Å². The molecule has 1 fully saturated rings. The predicted octanol–water partition coefficient (Wildman–Crippen LogP) is 1.93. The normalized spacial score (nSPS) is 20.3. The van der Waals surface area contributed by atoms with Gasteiger partial charge in [0.15, 0.2) is 0 Å². The number of anilines is 1. The molecule has 0 radical (unpaired) electrons. The van der Waals surface area contributed by atoms with Crippen LogP contribution in [0, 0.1) is 0 Å². The molecule has 82 valence electrons. The number of carbonyl (C=O) groups is 1. The second-order valence-corrected chi connectivity index (χ2v) is 4.27. The smallest absolute Gasteiger partial charge is 0.228 e. The summed E-state index contributed by atoms with van der Waals surface area (Å²) in [5, 5.41) is 0. The zero-order valence-electron chi connectivity index (χ0n) is 8.02. The van der Waals surface area contributed by atoms with Crippen molar-refractivity contribution in [2.75, 3.05) is 11.4 Å². The van der Waals surface area contributed by atoms with Gasteiger partial charge in [-0.15, -0.1) is 12.4 Å². The Morgan fingerprint density at radius 2 is 2.07 bits per heavy atom. The van der Waals surface area contributed by atoms with Crippen molar-refractivity contribution in [3.8, 4) is 0 Å². The average molecular weight is 292 g/mol. The number of benzene rings is 1. The van der Waals surface area contributed by atoms with Gasteiger partial charge in [-0.1, -0.05) is 12.1 Å². The molecule has 1 saturated heterocycles. The molecule has 1 aliphatic heterocycles. The molecule has 0 aliphatic carbocycles. The summed E-state index contributed by atoms with van der Waals surface area (Å²) >= 11 is 3.42. The molecule has 0 bridgehead atoms. The number of hydrogen-bond donors (Lipinski definition) is 1. The Kier molecular flexibility index (Phi) is 4.13. The van der Waals surface area contributed by atoms with Gasteiger partial charge >= 0.3 is 0 Å². The summed E-state index contributed by atoms with van der Waals surface area (Å²) < 4.78 is 0.933. The van der Waals surface area contributed by atoms with Gasteiger partial charge in [0.2, 0.25) is 5.91 Å². The molecule has 2 rings (SSSR count). The lowest BCUT2D eigenvalue weighted by atomic mass is 10.3. The maximum absolute atomic E-state index is 11.6. The third-order valence-corrected chi connectivity index (χ3v) is 2.97. The second-order valence-electron chi connectivity index (χ2n) is 3.42. The summed E-state index contributed by atoms with van der Waals surface area (Å²) in [4.78, 5) is 13.3. The lowest BCUT2D eigenvalue weighted by Gasteiger charge is -2.17. The molecular weight excluding hydrogens is 279 g/mol. The predicted molar refractivity (Wildman–Crippen MR) is 66.3 cm³/mol. The van der Waals surface area contributed by atoms with E-state index in [1.165, 1.54) is 0 Å². The first-order valence-corrected chi connectivity index (χ1v) is 5.28. The largest absolute Gasteiger partial charge is 0.326 e. The SMILES string of the molecule is Cl.NC1CC(=O)N(c2ccccc2Br)C1. The standard InChI is InChI=1S/C10H11BrN2O.ClH/c11-8-3-1-2-4-9(8)13-6-7(12)5-10(13)14;/h1-4,7H,5-6,12H2;1H. The molecule has 1 aromatic rings. The van der Waals surface area contributed by atoms with Gasteiger partial charge in [-0.25, -0.2) is 0 Å². The number of nitrogens with zero attached hydrogens (tertiary/aromatic N) is 1. The first-order chi connectivity index (χ1) is 6.68. The third-order valence-electron chi connectivity index (χ3n) is 2.30. The summed E-state index contributed by atoms with van der Waals surface area (Å²) in [7, 11) is 0. The Hall–Kier alpha value is -0.580. The van der Waals surface area contributed by atoms with E-state index in [2.05, 4.69) is 15.9 Å². The fraction of sp³-hybridized carbons (Fsp3) is 0.300. The van der Waals surface area contributed by atoms with Crippen molar-refractivity contribution in [1.82, 2.24) is 0 Å². The van der Waals surface area contributed by atoms with E-state index in [1.54, 1.807) is 4.90 Å². The van der Waals surface area contributed by atoms with Crippen LogP contribution in [0.15, 0.2) is 28.7 Å². The van der Waals surface area contributed by atoms with E-state index >= 15 is 0 Å². The van der Waals surface area contributed by atoms with E-state index in [9.17, 15) is 4.79 Å². The van der Waals surface area contributed by atoms with E-state index in [4.69, 9.17) is 5.73 Å². The van der Waals surface area contributed by atoms with Gasteiger partial charge in [0.25, 0.3) is 0 Å². The molecule has 3 nitrogen and oxygen atoms in total. The Morgan fingerprint density at radius 3 is 2.60 bits per heavy atom. The van der Waals surface area contributed by atoms with Crippen molar-refractivity contribution in [2.45, 2.75) is 12.5 Å². The topological polar surface area (TPSA) is 46.3 Å². The van der Waals surface area contributed by atoms with Gasteiger partial charge in [-0.2, -0.15) is 0 Å². The van der Waals surface area contributed by atoms with Gasteiger partial charge in [0, 0.05) is 23.5 Å². The van der Waals surface area contributed by atoms with Crippen LogP contribution in [0.3, 0.4) is 0 Å². The maximum atomic E-state index is 11.6. The summed E-state index contributed by atoms with van der Waals surface area (Å²) in [5.74, 6) is 0.101. The van der Waals surface area contributed by atoms with Crippen LogP contribution in [-0.4, -0.2) is 18.5 Å². The lowest BCUT2D eigenvalue weighted by molar-refractivity contribution is -0.117. The van der Waals surface area contributed by atoms with Gasteiger partial charge in [0.1, 0.15) is 0 Å². The number of nitrogens with two attached hydrogens (primary N) is 1. The first kappa shape index (κ1) is 12.5. The van der Waals surface area contributed by atoms with Crippen molar-refractivity contribution in [2.24, 2.45) is 5.73 Å². The number of hydrogen-bond acceptors (Lipinski definition) is 2. The monoisotopic (exact) mass is 290 g/mol. The van der Waals surface area contributed by atoms with Crippen LogP contribution in [-0.2, 0) is 4.79 Å². The fourth-order valence-corrected chi connectivity index (χ4v) is 2.14. The zero-order chi connectivity index (χ0) is 10.1. The molecule has 1 heterocycles. The highest BCUT2D eigenvalue weighted by molar-refractivity contribution is 9.10. The highest BCUT2D eigenvalue weighted by atomic mass is 79.9. The molecule has 15 heavy (non-hydrogen) atoms. The molecular formula is C10H12BrClN2O. The molecule has 1 aromatic carbocycles. The van der Waals surface area contributed by atoms with Crippen LogP contribution in [0.5, 0.6) is 0 Å². The summed E-state index contributed by atoms with van der Waals surface area (Å²) in [6.45, 7) is 0.613. The number of para-hydroxylation sites is 1. The molecule has 0 spiro atoms. The second kappa shape index (κ2) is 4.96. The van der Waals surface area contributed by atoms with Crippen molar-refractivity contribution >= 4 is 39.9 Å². The number of amides is 1. The van der Waals surface area contributed by atoms with Gasteiger partial charge in [-0.05, 0) is 28.1 Å². The number of carbonyl (C=O) groups excluding carboxylic acids is 1. The van der Waals surface area contributed by atoms with Crippen LogP contribution < -0.4 is 10.6 Å². The van der Waals surface area contributed by atoms with E-state index in [-0.39, 0.29) is 24.4 Å².